The first kappa shape index (κ1) is 15.8. The number of amides is 1. The van der Waals surface area contributed by atoms with Crippen LogP contribution in [-0.2, 0) is 11.0 Å². The molecule has 114 valence electrons. The van der Waals surface area contributed by atoms with Crippen molar-refractivity contribution in [3.63, 3.8) is 0 Å². The number of nitrogens with zero attached hydrogens (tertiary/aromatic N) is 1. The molecule has 0 aliphatic heterocycles. The zero-order valence-corrected chi connectivity index (χ0v) is 11.3. The van der Waals surface area contributed by atoms with Crippen LogP contribution in [0.3, 0.4) is 0 Å². The van der Waals surface area contributed by atoms with Gasteiger partial charge in [0.1, 0.15) is 0 Å². The van der Waals surface area contributed by atoms with Gasteiger partial charge in [0.05, 0.1) is 11.3 Å². The van der Waals surface area contributed by atoms with Gasteiger partial charge in [0, 0.05) is 6.08 Å². The second kappa shape index (κ2) is 6.44. The van der Waals surface area contributed by atoms with E-state index < -0.39 is 17.6 Å². The van der Waals surface area contributed by atoms with Crippen molar-refractivity contribution < 1.29 is 23.2 Å². The Kier molecular flexibility index (Phi) is 4.62. The molecular formula is C16H12F3NO2. The Balaban J connectivity index is 2.13. The zero-order chi connectivity index (χ0) is 16.2. The van der Waals surface area contributed by atoms with E-state index in [2.05, 4.69) is 0 Å². The number of halogens is 3. The standard InChI is InChI=1S/C16H12F3NO2/c17-16(18,19)13-6-4-5-12(11-13)9-10-15(21)20(22)14-7-2-1-3-8-14/h1-11,22H. The number of carbonyl (C=O) groups is 1. The number of alkyl halides is 3. The van der Waals surface area contributed by atoms with Crippen LogP contribution in [0, 0.1) is 0 Å². The maximum absolute atomic E-state index is 12.6. The van der Waals surface area contributed by atoms with Crippen LogP contribution in [0.1, 0.15) is 11.1 Å². The summed E-state index contributed by atoms with van der Waals surface area (Å²) in [6.45, 7) is 0. The highest BCUT2D eigenvalue weighted by atomic mass is 19.4. The van der Waals surface area contributed by atoms with Crippen LogP contribution < -0.4 is 5.06 Å². The average molecular weight is 307 g/mol. The van der Waals surface area contributed by atoms with E-state index >= 15 is 0 Å². The Morgan fingerprint density at radius 3 is 2.36 bits per heavy atom. The molecule has 0 saturated heterocycles. The zero-order valence-electron chi connectivity index (χ0n) is 11.3. The number of rotatable bonds is 3. The summed E-state index contributed by atoms with van der Waals surface area (Å²) in [5.41, 5.74) is -0.322. The van der Waals surface area contributed by atoms with Crippen molar-refractivity contribution in [2.45, 2.75) is 6.18 Å². The first-order chi connectivity index (χ1) is 10.4. The lowest BCUT2D eigenvalue weighted by Gasteiger charge is -2.12. The van der Waals surface area contributed by atoms with Gasteiger partial charge in [0.2, 0.25) is 0 Å². The van der Waals surface area contributed by atoms with Gasteiger partial charge in [0.25, 0.3) is 5.91 Å². The maximum atomic E-state index is 12.6. The number of hydrogen-bond donors (Lipinski definition) is 1. The van der Waals surface area contributed by atoms with Gasteiger partial charge in [0.15, 0.2) is 0 Å². The molecular weight excluding hydrogens is 295 g/mol. The smallest absolute Gasteiger partial charge is 0.281 e. The second-order valence-corrected chi connectivity index (χ2v) is 4.44. The number of para-hydroxylation sites is 1. The maximum Gasteiger partial charge on any atom is 0.416 e. The number of carbonyl (C=O) groups excluding carboxylic acids is 1. The minimum absolute atomic E-state index is 0.213. The fourth-order valence-corrected chi connectivity index (χ4v) is 1.75. The normalized spacial score (nSPS) is 11.6. The fraction of sp³-hybridized carbons (Fsp3) is 0.0625. The molecule has 22 heavy (non-hydrogen) atoms. The molecule has 0 bridgehead atoms. The van der Waals surface area contributed by atoms with Crippen molar-refractivity contribution in [3.05, 3.63) is 71.8 Å². The van der Waals surface area contributed by atoms with Crippen LogP contribution >= 0.6 is 0 Å². The Hall–Kier alpha value is -2.60. The molecule has 6 heteroatoms. The third-order valence-electron chi connectivity index (χ3n) is 2.84. The minimum atomic E-state index is -4.44. The van der Waals surface area contributed by atoms with Crippen LogP contribution in [0.25, 0.3) is 6.08 Å². The summed E-state index contributed by atoms with van der Waals surface area (Å²) in [6, 6.07) is 12.6. The summed E-state index contributed by atoms with van der Waals surface area (Å²) < 4.78 is 37.7. The van der Waals surface area contributed by atoms with Crippen LogP contribution in [0.2, 0.25) is 0 Å². The fourth-order valence-electron chi connectivity index (χ4n) is 1.75. The Bertz CT molecular complexity index is 681. The van der Waals surface area contributed by atoms with Gasteiger partial charge in [-0.1, -0.05) is 30.3 Å². The van der Waals surface area contributed by atoms with Gasteiger partial charge in [-0.25, -0.2) is 0 Å². The molecule has 0 saturated carbocycles. The molecule has 0 aliphatic rings. The lowest BCUT2D eigenvalue weighted by Crippen LogP contribution is -2.24. The summed E-state index contributed by atoms with van der Waals surface area (Å²) in [6.07, 6.45) is -2.23. The highest BCUT2D eigenvalue weighted by molar-refractivity contribution is 6.02. The SMILES string of the molecule is O=C(C=Cc1cccc(C(F)(F)F)c1)N(O)c1ccccc1. The predicted molar refractivity (Wildman–Crippen MR) is 76.2 cm³/mol. The van der Waals surface area contributed by atoms with Gasteiger partial charge in [-0.15, -0.1) is 0 Å². The molecule has 0 fully saturated rings. The number of benzene rings is 2. The molecule has 0 aromatic heterocycles. The largest absolute Gasteiger partial charge is 0.416 e. The highest BCUT2D eigenvalue weighted by Crippen LogP contribution is 2.29. The monoisotopic (exact) mass is 307 g/mol. The third kappa shape index (κ3) is 3.95. The summed E-state index contributed by atoms with van der Waals surface area (Å²) in [7, 11) is 0. The number of hydrogen-bond acceptors (Lipinski definition) is 2. The van der Waals surface area contributed by atoms with Crippen molar-refractivity contribution >= 4 is 17.7 Å². The second-order valence-electron chi connectivity index (χ2n) is 4.44. The van der Waals surface area contributed by atoms with Gasteiger partial charge >= 0.3 is 6.18 Å². The third-order valence-corrected chi connectivity index (χ3v) is 2.84. The van der Waals surface area contributed by atoms with E-state index in [4.69, 9.17) is 0 Å². The summed E-state index contributed by atoms with van der Waals surface area (Å²) >= 11 is 0. The molecule has 2 rings (SSSR count). The Morgan fingerprint density at radius 1 is 1.05 bits per heavy atom. The van der Waals surface area contributed by atoms with Crippen molar-refractivity contribution in [1.29, 1.82) is 0 Å². The highest BCUT2D eigenvalue weighted by Gasteiger charge is 2.30. The molecule has 0 spiro atoms. The van der Waals surface area contributed by atoms with Crippen LogP contribution in [0.15, 0.2) is 60.7 Å². The van der Waals surface area contributed by atoms with E-state index in [1.165, 1.54) is 30.3 Å². The van der Waals surface area contributed by atoms with Crippen molar-refractivity contribution in [2.24, 2.45) is 0 Å². The van der Waals surface area contributed by atoms with E-state index in [9.17, 15) is 23.2 Å². The first-order valence-electron chi connectivity index (χ1n) is 6.31. The van der Waals surface area contributed by atoms with E-state index in [1.54, 1.807) is 18.2 Å². The number of anilines is 1. The van der Waals surface area contributed by atoms with Crippen LogP contribution in [0.5, 0.6) is 0 Å². The predicted octanol–water partition coefficient (Wildman–Crippen LogP) is 4.14. The molecule has 1 N–H and O–H groups in total. The lowest BCUT2D eigenvalue weighted by molar-refractivity contribution is -0.137. The van der Waals surface area contributed by atoms with Gasteiger partial charge in [-0.05, 0) is 35.9 Å². The van der Waals surface area contributed by atoms with Crippen LogP contribution in [0.4, 0.5) is 18.9 Å². The van der Waals surface area contributed by atoms with Gasteiger partial charge in [-0.3, -0.25) is 10.0 Å². The molecule has 2 aromatic rings. The van der Waals surface area contributed by atoms with E-state index in [-0.39, 0.29) is 11.3 Å². The van der Waals surface area contributed by atoms with E-state index in [0.29, 0.717) is 5.06 Å². The van der Waals surface area contributed by atoms with E-state index in [0.717, 1.165) is 18.2 Å². The topological polar surface area (TPSA) is 40.5 Å². The van der Waals surface area contributed by atoms with Gasteiger partial charge in [-0.2, -0.15) is 18.2 Å². The van der Waals surface area contributed by atoms with Gasteiger partial charge < -0.3 is 0 Å². The van der Waals surface area contributed by atoms with Crippen molar-refractivity contribution in [2.75, 3.05) is 5.06 Å². The van der Waals surface area contributed by atoms with E-state index in [1.807, 2.05) is 0 Å². The Labute approximate surface area is 124 Å². The molecule has 0 unspecified atom stereocenters. The summed E-state index contributed by atoms with van der Waals surface area (Å²) in [4.78, 5) is 11.8. The minimum Gasteiger partial charge on any atom is -0.281 e. The summed E-state index contributed by atoms with van der Waals surface area (Å²) in [5.74, 6) is -0.761. The van der Waals surface area contributed by atoms with Crippen molar-refractivity contribution in [1.82, 2.24) is 0 Å². The Morgan fingerprint density at radius 2 is 1.73 bits per heavy atom. The summed E-state index contributed by atoms with van der Waals surface area (Å²) in [5, 5.41) is 10.1. The molecule has 1 amide bonds. The molecule has 2 aromatic carbocycles. The molecule has 0 radical (unpaired) electrons. The van der Waals surface area contributed by atoms with Crippen LogP contribution in [-0.4, -0.2) is 11.1 Å². The molecule has 0 aliphatic carbocycles. The molecule has 3 nitrogen and oxygen atoms in total. The quantitative estimate of drug-likeness (QED) is 0.526. The van der Waals surface area contributed by atoms with Crippen molar-refractivity contribution in [3.8, 4) is 0 Å². The number of hydroxylamine groups is 1. The molecule has 0 heterocycles. The first-order valence-corrected chi connectivity index (χ1v) is 6.31. The average Bonchev–Trinajstić information content (AvgIpc) is 2.52. The molecule has 0 atom stereocenters. The lowest BCUT2D eigenvalue weighted by atomic mass is 10.1.